The average Bonchev–Trinajstić information content (AvgIpc) is 3.44. The number of furan rings is 1. The van der Waals surface area contributed by atoms with Gasteiger partial charge in [-0.25, -0.2) is 0 Å². The summed E-state index contributed by atoms with van der Waals surface area (Å²) in [6, 6.07) is 13.2. The van der Waals surface area contributed by atoms with Gasteiger partial charge in [0, 0.05) is 32.1 Å². The lowest BCUT2D eigenvalue weighted by molar-refractivity contribution is -0.136. The van der Waals surface area contributed by atoms with Crippen LogP contribution in [0.15, 0.2) is 53.1 Å². The number of carbonyl (C=O) groups excluding carboxylic acids is 3. The van der Waals surface area contributed by atoms with Crippen molar-refractivity contribution in [2.75, 3.05) is 19.6 Å². The second-order valence-electron chi connectivity index (χ2n) is 8.08. The van der Waals surface area contributed by atoms with Crippen molar-refractivity contribution in [3.8, 4) is 0 Å². The van der Waals surface area contributed by atoms with Gasteiger partial charge in [-0.2, -0.15) is 0 Å². The number of piperidine rings is 1. The zero-order valence-electron chi connectivity index (χ0n) is 17.1. The maximum absolute atomic E-state index is 13.0. The quantitative estimate of drug-likeness (QED) is 0.823. The Kier molecular flexibility index (Phi) is 5.88. The molecule has 2 atom stereocenters. The summed E-state index contributed by atoms with van der Waals surface area (Å²) in [6.45, 7) is 3.64. The molecular weight excluding hydrogens is 382 g/mol. The number of amides is 3. The molecule has 0 radical (unpaired) electrons. The van der Waals surface area contributed by atoms with E-state index in [4.69, 9.17) is 4.42 Å². The van der Waals surface area contributed by atoms with Crippen LogP contribution in [0.25, 0.3) is 0 Å². The summed E-state index contributed by atoms with van der Waals surface area (Å²) in [7, 11) is 0. The SMILES string of the molecule is CC(c1ccccc1)N1CC(C(=O)N2CCC(NC(=O)c3ccco3)CC2)CC1=O. The molecule has 2 saturated heterocycles. The minimum atomic E-state index is -0.294. The monoisotopic (exact) mass is 409 g/mol. The van der Waals surface area contributed by atoms with Crippen LogP contribution in [-0.2, 0) is 9.59 Å². The van der Waals surface area contributed by atoms with E-state index in [1.165, 1.54) is 6.26 Å². The molecule has 3 heterocycles. The zero-order valence-corrected chi connectivity index (χ0v) is 17.1. The Bertz CT molecular complexity index is 888. The van der Waals surface area contributed by atoms with Gasteiger partial charge in [0.1, 0.15) is 0 Å². The van der Waals surface area contributed by atoms with Crippen LogP contribution in [0.5, 0.6) is 0 Å². The largest absolute Gasteiger partial charge is 0.459 e. The van der Waals surface area contributed by atoms with Crippen molar-refractivity contribution in [2.45, 2.75) is 38.3 Å². The molecule has 3 amide bonds. The van der Waals surface area contributed by atoms with E-state index < -0.39 is 0 Å². The van der Waals surface area contributed by atoms with Crippen LogP contribution in [0.4, 0.5) is 0 Å². The maximum atomic E-state index is 13.0. The molecule has 2 unspecified atom stereocenters. The molecule has 2 aliphatic rings. The fraction of sp³-hybridized carbons (Fsp3) is 0.435. The molecule has 158 valence electrons. The third-order valence-electron chi connectivity index (χ3n) is 6.14. The summed E-state index contributed by atoms with van der Waals surface area (Å²) in [4.78, 5) is 41.4. The van der Waals surface area contributed by atoms with Gasteiger partial charge in [-0.3, -0.25) is 14.4 Å². The Labute approximate surface area is 176 Å². The Balaban J connectivity index is 1.29. The molecule has 2 fully saturated rings. The van der Waals surface area contributed by atoms with Gasteiger partial charge in [-0.05, 0) is 37.5 Å². The van der Waals surface area contributed by atoms with Crippen LogP contribution < -0.4 is 5.32 Å². The summed E-state index contributed by atoms with van der Waals surface area (Å²) >= 11 is 0. The molecule has 1 aromatic heterocycles. The van der Waals surface area contributed by atoms with E-state index in [1.54, 1.807) is 12.1 Å². The average molecular weight is 409 g/mol. The molecule has 0 bridgehead atoms. The topological polar surface area (TPSA) is 82.9 Å². The molecule has 30 heavy (non-hydrogen) atoms. The number of carbonyl (C=O) groups is 3. The van der Waals surface area contributed by atoms with E-state index >= 15 is 0 Å². The van der Waals surface area contributed by atoms with E-state index in [2.05, 4.69) is 5.32 Å². The van der Waals surface area contributed by atoms with E-state index in [0.717, 1.165) is 5.56 Å². The number of benzene rings is 1. The molecule has 1 N–H and O–H groups in total. The lowest BCUT2D eigenvalue weighted by Crippen LogP contribution is -2.48. The van der Waals surface area contributed by atoms with Crippen LogP contribution >= 0.6 is 0 Å². The van der Waals surface area contributed by atoms with Gasteiger partial charge >= 0.3 is 0 Å². The Morgan fingerprint density at radius 1 is 1.10 bits per heavy atom. The van der Waals surface area contributed by atoms with Crippen LogP contribution in [-0.4, -0.2) is 53.2 Å². The number of rotatable bonds is 5. The first-order chi connectivity index (χ1) is 14.5. The predicted octanol–water partition coefficient (Wildman–Crippen LogP) is 2.61. The summed E-state index contributed by atoms with van der Waals surface area (Å²) < 4.78 is 5.12. The van der Waals surface area contributed by atoms with Gasteiger partial charge in [0.2, 0.25) is 11.8 Å². The van der Waals surface area contributed by atoms with E-state index in [-0.39, 0.29) is 42.1 Å². The Morgan fingerprint density at radius 2 is 1.83 bits per heavy atom. The molecule has 7 nitrogen and oxygen atoms in total. The summed E-state index contributed by atoms with van der Waals surface area (Å²) in [6.07, 6.45) is 3.14. The first-order valence-electron chi connectivity index (χ1n) is 10.5. The molecule has 2 aromatic rings. The van der Waals surface area contributed by atoms with Crippen molar-refractivity contribution in [1.29, 1.82) is 0 Å². The zero-order chi connectivity index (χ0) is 21.1. The van der Waals surface area contributed by atoms with E-state index in [9.17, 15) is 14.4 Å². The second-order valence-corrected chi connectivity index (χ2v) is 8.08. The van der Waals surface area contributed by atoms with Crippen molar-refractivity contribution in [2.24, 2.45) is 5.92 Å². The molecule has 0 spiro atoms. The first-order valence-corrected chi connectivity index (χ1v) is 10.5. The highest BCUT2D eigenvalue weighted by atomic mass is 16.3. The smallest absolute Gasteiger partial charge is 0.287 e. The van der Waals surface area contributed by atoms with Crippen LogP contribution in [0, 0.1) is 5.92 Å². The highest BCUT2D eigenvalue weighted by Crippen LogP contribution is 2.30. The Hall–Kier alpha value is -3.09. The van der Waals surface area contributed by atoms with Gasteiger partial charge in [0.15, 0.2) is 5.76 Å². The van der Waals surface area contributed by atoms with Crippen molar-refractivity contribution in [3.63, 3.8) is 0 Å². The molecule has 0 saturated carbocycles. The summed E-state index contributed by atoms with van der Waals surface area (Å²) in [5, 5.41) is 2.96. The molecular formula is C23H27N3O4. The number of hydrogen-bond acceptors (Lipinski definition) is 4. The third-order valence-corrected chi connectivity index (χ3v) is 6.14. The van der Waals surface area contributed by atoms with Gasteiger partial charge in [-0.15, -0.1) is 0 Å². The minimum absolute atomic E-state index is 0.0199. The van der Waals surface area contributed by atoms with Crippen molar-refractivity contribution in [3.05, 3.63) is 60.1 Å². The molecule has 0 aliphatic carbocycles. The van der Waals surface area contributed by atoms with Crippen molar-refractivity contribution in [1.82, 2.24) is 15.1 Å². The minimum Gasteiger partial charge on any atom is -0.459 e. The van der Waals surface area contributed by atoms with Crippen LogP contribution in [0.1, 0.15) is 48.3 Å². The summed E-state index contributed by atoms with van der Waals surface area (Å²) in [5.74, 6) is -0.146. The lowest BCUT2D eigenvalue weighted by Gasteiger charge is -2.34. The normalized spacial score (nSPS) is 21.0. The van der Waals surface area contributed by atoms with E-state index in [1.807, 2.05) is 47.1 Å². The summed E-state index contributed by atoms with van der Waals surface area (Å²) in [5.41, 5.74) is 1.08. The van der Waals surface area contributed by atoms with E-state index in [0.29, 0.717) is 38.2 Å². The van der Waals surface area contributed by atoms with Crippen molar-refractivity contribution < 1.29 is 18.8 Å². The van der Waals surface area contributed by atoms with Gasteiger partial charge in [-0.1, -0.05) is 30.3 Å². The number of likely N-dealkylation sites (tertiary alicyclic amines) is 2. The number of nitrogens with zero attached hydrogens (tertiary/aromatic N) is 2. The van der Waals surface area contributed by atoms with Crippen LogP contribution in [0.3, 0.4) is 0 Å². The maximum Gasteiger partial charge on any atom is 0.287 e. The van der Waals surface area contributed by atoms with Gasteiger partial charge in [0.25, 0.3) is 5.91 Å². The highest BCUT2D eigenvalue weighted by Gasteiger charge is 2.39. The molecule has 7 heteroatoms. The molecule has 1 aromatic carbocycles. The Morgan fingerprint density at radius 3 is 2.50 bits per heavy atom. The van der Waals surface area contributed by atoms with Gasteiger partial charge < -0.3 is 19.5 Å². The fourth-order valence-corrected chi connectivity index (χ4v) is 4.35. The second kappa shape index (κ2) is 8.73. The third kappa shape index (κ3) is 4.25. The number of hydrogen-bond donors (Lipinski definition) is 1. The molecule has 2 aliphatic heterocycles. The molecule has 4 rings (SSSR count). The number of nitrogens with one attached hydrogen (secondary N) is 1. The fourth-order valence-electron chi connectivity index (χ4n) is 4.35. The lowest BCUT2D eigenvalue weighted by atomic mass is 10.0. The van der Waals surface area contributed by atoms with Gasteiger partial charge in [0.05, 0.1) is 18.2 Å². The van der Waals surface area contributed by atoms with Crippen molar-refractivity contribution >= 4 is 17.7 Å². The predicted molar refractivity (Wildman–Crippen MR) is 110 cm³/mol. The standard InChI is InChI=1S/C23H27N3O4/c1-16(17-6-3-2-4-7-17)26-15-18(14-21(26)27)23(29)25-11-9-19(10-12-25)24-22(28)20-8-5-13-30-20/h2-8,13,16,18-19H,9-12,14-15H2,1H3,(H,24,28). The highest BCUT2D eigenvalue weighted by molar-refractivity contribution is 5.91. The van der Waals surface area contributed by atoms with Crippen LogP contribution in [0.2, 0.25) is 0 Å². The first kappa shape index (κ1) is 20.2.